The van der Waals surface area contributed by atoms with Gasteiger partial charge in [-0.3, -0.25) is 4.79 Å². The number of oxime groups is 1. The van der Waals surface area contributed by atoms with Gasteiger partial charge < -0.3 is 15.6 Å². The highest BCUT2D eigenvalue weighted by molar-refractivity contribution is 7.99. The minimum Gasteiger partial charge on any atom is -0.506 e. The molecule has 0 heterocycles. The zero-order valence-electron chi connectivity index (χ0n) is 13.5. The van der Waals surface area contributed by atoms with Crippen molar-refractivity contribution < 1.29 is 15.1 Å². The second kappa shape index (κ2) is 9.96. The number of hydrogen-bond acceptors (Lipinski definition) is 5. The fourth-order valence-corrected chi connectivity index (χ4v) is 3.17. The first kappa shape index (κ1) is 19.1. The Hall–Kier alpha value is -2.18. The Morgan fingerprint density at radius 2 is 1.96 bits per heavy atom. The average Bonchev–Trinajstić information content (AvgIpc) is 2.63. The molecular weight excluding hydrogens is 360 g/mol. The molecule has 3 N–H and O–H groups in total. The normalized spacial score (nSPS) is 11.3. The maximum absolute atomic E-state index is 12.1. The summed E-state index contributed by atoms with van der Waals surface area (Å²) in [6, 6.07) is 14.6. The van der Waals surface area contributed by atoms with Gasteiger partial charge in [-0.1, -0.05) is 41.0 Å². The van der Waals surface area contributed by atoms with Gasteiger partial charge >= 0.3 is 0 Å². The van der Waals surface area contributed by atoms with Crippen LogP contribution in [0.3, 0.4) is 0 Å². The number of aromatic hydroxyl groups is 1. The molecule has 7 heteroatoms. The quantitative estimate of drug-likeness (QED) is 0.215. The van der Waals surface area contributed by atoms with Crippen molar-refractivity contribution in [2.24, 2.45) is 5.16 Å². The van der Waals surface area contributed by atoms with Gasteiger partial charge in [-0.2, -0.15) is 0 Å². The molecule has 25 heavy (non-hydrogen) atoms. The van der Waals surface area contributed by atoms with Crippen molar-refractivity contribution in [2.75, 3.05) is 12.3 Å². The molecule has 0 saturated heterocycles. The van der Waals surface area contributed by atoms with Crippen LogP contribution in [0.2, 0.25) is 5.02 Å². The van der Waals surface area contributed by atoms with Crippen molar-refractivity contribution in [1.82, 2.24) is 5.32 Å². The summed E-state index contributed by atoms with van der Waals surface area (Å²) in [6.45, 7) is 0.494. The van der Waals surface area contributed by atoms with E-state index in [0.717, 1.165) is 12.2 Å². The van der Waals surface area contributed by atoms with E-state index in [2.05, 4.69) is 10.5 Å². The molecule has 0 bridgehead atoms. The van der Waals surface area contributed by atoms with Crippen LogP contribution in [0.1, 0.15) is 12.0 Å². The van der Waals surface area contributed by atoms with Gasteiger partial charge in [0.1, 0.15) is 11.5 Å². The third kappa shape index (κ3) is 6.32. The number of phenolic OH excluding ortho intramolecular Hbond substituents is 1. The monoisotopic (exact) mass is 378 g/mol. The molecule has 1 amide bonds. The number of nitrogens with one attached hydrogen (secondary N) is 1. The number of carbonyl (C=O) groups excluding carboxylic acids is 1. The molecular formula is C18H19ClN2O3S. The molecule has 2 aromatic carbocycles. The Morgan fingerprint density at radius 1 is 1.20 bits per heavy atom. The lowest BCUT2D eigenvalue weighted by Crippen LogP contribution is -2.33. The Kier molecular flexibility index (Phi) is 7.63. The summed E-state index contributed by atoms with van der Waals surface area (Å²) in [5.74, 6) is 0.424. The van der Waals surface area contributed by atoms with Crippen LogP contribution in [-0.4, -0.2) is 34.2 Å². The largest absolute Gasteiger partial charge is 0.506 e. The SMILES string of the molecule is O=C(NCCCSc1ccccc1)/C(Cc1ccc(O)c(Cl)c1)=N/O. The number of halogens is 1. The van der Waals surface area contributed by atoms with Gasteiger partial charge in [-0.25, -0.2) is 0 Å². The summed E-state index contributed by atoms with van der Waals surface area (Å²) in [7, 11) is 0. The third-order valence-electron chi connectivity index (χ3n) is 3.39. The topological polar surface area (TPSA) is 81.9 Å². The molecule has 2 aromatic rings. The predicted molar refractivity (Wildman–Crippen MR) is 101 cm³/mol. The predicted octanol–water partition coefficient (Wildman–Crippen LogP) is 3.72. The molecule has 0 spiro atoms. The van der Waals surface area contributed by atoms with Gasteiger partial charge in [0.25, 0.3) is 5.91 Å². The molecule has 0 fully saturated rings. The van der Waals surface area contributed by atoms with Crippen molar-refractivity contribution in [3.63, 3.8) is 0 Å². The lowest BCUT2D eigenvalue weighted by atomic mass is 10.1. The summed E-state index contributed by atoms with van der Waals surface area (Å²) >= 11 is 7.56. The lowest BCUT2D eigenvalue weighted by molar-refractivity contribution is -0.115. The van der Waals surface area contributed by atoms with E-state index in [4.69, 9.17) is 16.8 Å². The summed E-state index contributed by atoms with van der Waals surface area (Å²) < 4.78 is 0. The Bertz CT molecular complexity index is 738. The van der Waals surface area contributed by atoms with Crippen LogP contribution in [0.15, 0.2) is 58.6 Å². The third-order valence-corrected chi connectivity index (χ3v) is 4.79. The summed E-state index contributed by atoms with van der Waals surface area (Å²) in [5, 5.41) is 24.5. The number of benzene rings is 2. The van der Waals surface area contributed by atoms with Gasteiger partial charge in [-0.15, -0.1) is 11.8 Å². The molecule has 0 unspecified atom stereocenters. The molecule has 2 rings (SSSR count). The van der Waals surface area contributed by atoms with Crippen LogP contribution >= 0.6 is 23.4 Å². The van der Waals surface area contributed by atoms with Gasteiger partial charge in [-0.05, 0) is 42.0 Å². The van der Waals surface area contributed by atoms with Gasteiger partial charge in [0.2, 0.25) is 0 Å². The molecule has 0 aliphatic carbocycles. The molecule has 0 aromatic heterocycles. The first-order valence-corrected chi connectivity index (χ1v) is 9.11. The number of phenols is 1. The number of carbonyl (C=O) groups is 1. The van der Waals surface area contributed by atoms with Crippen LogP contribution in [0.25, 0.3) is 0 Å². The minimum absolute atomic E-state index is 0.00234. The number of nitrogens with zero attached hydrogens (tertiary/aromatic N) is 1. The fourth-order valence-electron chi connectivity index (χ4n) is 2.10. The first-order chi connectivity index (χ1) is 12.1. The fraction of sp³-hybridized carbons (Fsp3) is 0.222. The van der Waals surface area contributed by atoms with E-state index in [9.17, 15) is 9.90 Å². The lowest BCUT2D eigenvalue weighted by Gasteiger charge is -2.08. The Labute approximate surface area is 155 Å². The second-order valence-electron chi connectivity index (χ2n) is 5.28. The van der Waals surface area contributed by atoms with E-state index in [1.165, 1.54) is 17.0 Å². The summed E-state index contributed by atoms with van der Waals surface area (Å²) in [5.41, 5.74) is 0.669. The minimum atomic E-state index is -0.420. The van der Waals surface area contributed by atoms with E-state index in [1.807, 2.05) is 30.3 Å². The first-order valence-electron chi connectivity index (χ1n) is 7.74. The Balaban J connectivity index is 1.75. The van der Waals surface area contributed by atoms with Crippen LogP contribution in [-0.2, 0) is 11.2 Å². The van der Waals surface area contributed by atoms with E-state index >= 15 is 0 Å². The highest BCUT2D eigenvalue weighted by atomic mass is 35.5. The van der Waals surface area contributed by atoms with Crippen molar-refractivity contribution in [3.05, 3.63) is 59.1 Å². The number of amides is 1. The zero-order valence-corrected chi connectivity index (χ0v) is 15.1. The smallest absolute Gasteiger partial charge is 0.269 e. The maximum Gasteiger partial charge on any atom is 0.269 e. The Morgan fingerprint density at radius 3 is 2.64 bits per heavy atom. The molecule has 5 nitrogen and oxygen atoms in total. The van der Waals surface area contributed by atoms with Crippen molar-refractivity contribution >= 4 is 35.0 Å². The van der Waals surface area contributed by atoms with Crippen molar-refractivity contribution in [3.8, 4) is 5.75 Å². The number of hydrogen-bond donors (Lipinski definition) is 3. The number of thioether (sulfide) groups is 1. The highest BCUT2D eigenvalue weighted by Gasteiger charge is 2.13. The molecule has 0 atom stereocenters. The summed E-state index contributed by atoms with van der Waals surface area (Å²) in [4.78, 5) is 13.3. The van der Waals surface area contributed by atoms with Gasteiger partial charge in [0.05, 0.1) is 5.02 Å². The van der Waals surface area contributed by atoms with Gasteiger partial charge in [0, 0.05) is 17.9 Å². The molecule has 0 aliphatic rings. The molecule has 132 valence electrons. The average molecular weight is 379 g/mol. The van der Waals surface area contributed by atoms with Crippen LogP contribution < -0.4 is 5.32 Å². The van der Waals surface area contributed by atoms with Crippen molar-refractivity contribution in [1.29, 1.82) is 0 Å². The highest BCUT2D eigenvalue weighted by Crippen LogP contribution is 2.24. The standard InChI is InChI=1S/C18H19ClN2O3S/c19-15-11-13(7-8-17(15)22)12-16(21-24)18(23)20-9-4-10-25-14-5-2-1-3-6-14/h1-3,5-8,11,22,24H,4,9-10,12H2,(H,20,23)/b21-16+. The van der Waals surface area contributed by atoms with E-state index in [1.54, 1.807) is 17.8 Å². The van der Waals surface area contributed by atoms with Crippen molar-refractivity contribution in [2.45, 2.75) is 17.7 Å². The van der Waals surface area contributed by atoms with Crippen LogP contribution in [0.5, 0.6) is 5.75 Å². The zero-order chi connectivity index (χ0) is 18.1. The maximum atomic E-state index is 12.1. The van der Waals surface area contributed by atoms with Crippen LogP contribution in [0, 0.1) is 0 Å². The molecule has 0 radical (unpaired) electrons. The van der Waals surface area contributed by atoms with Gasteiger partial charge in [0.15, 0.2) is 0 Å². The number of rotatable bonds is 8. The second-order valence-corrected chi connectivity index (χ2v) is 6.86. The summed E-state index contributed by atoms with van der Waals surface area (Å²) in [6.07, 6.45) is 0.927. The van der Waals surface area contributed by atoms with E-state index in [-0.39, 0.29) is 22.9 Å². The molecule has 0 aliphatic heterocycles. The van der Waals surface area contributed by atoms with E-state index in [0.29, 0.717) is 12.1 Å². The van der Waals surface area contributed by atoms with E-state index < -0.39 is 5.91 Å². The molecule has 0 saturated carbocycles. The van der Waals surface area contributed by atoms with Crippen LogP contribution in [0.4, 0.5) is 0 Å².